The number of likely N-dealkylation sites (tertiary alicyclic amines) is 1. The Hall–Kier alpha value is -1.19. The number of rotatable bonds is 2. The highest BCUT2D eigenvalue weighted by Crippen LogP contribution is 2.23. The number of hydrogen-bond donors (Lipinski definition) is 1. The molecule has 0 bridgehead atoms. The molecule has 4 heterocycles. The van der Waals surface area contributed by atoms with Crippen LogP contribution in [0.15, 0.2) is 33.7 Å². The van der Waals surface area contributed by atoms with Gasteiger partial charge in [-0.3, -0.25) is 14.2 Å². The predicted octanol–water partition coefficient (Wildman–Crippen LogP) is 3.40. The number of piperidine rings is 2. The third kappa shape index (κ3) is 5.89. The molecule has 0 unspecified atom stereocenters. The third-order valence-corrected chi connectivity index (χ3v) is 5.93. The van der Waals surface area contributed by atoms with E-state index in [-0.39, 0.29) is 5.91 Å². The summed E-state index contributed by atoms with van der Waals surface area (Å²) in [6.07, 6.45) is 12.1. The zero-order valence-corrected chi connectivity index (χ0v) is 18.7. The summed E-state index contributed by atoms with van der Waals surface area (Å²) in [5.74, 6) is 0.176. The van der Waals surface area contributed by atoms with E-state index in [4.69, 9.17) is 0 Å². The molecule has 0 radical (unpaired) electrons. The molecule has 2 aromatic rings. The first-order valence-electron chi connectivity index (χ1n) is 9.38. The van der Waals surface area contributed by atoms with E-state index >= 15 is 0 Å². The third-order valence-electron chi connectivity index (χ3n) is 5.11. The van der Waals surface area contributed by atoms with Gasteiger partial charge in [0, 0.05) is 32.4 Å². The maximum absolute atomic E-state index is 11.1. The van der Waals surface area contributed by atoms with Crippen LogP contribution >= 0.6 is 31.9 Å². The minimum absolute atomic E-state index is 0.176. The van der Waals surface area contributed by atoms with Crippen molar-refractivity contribution in [3.8, 4) is 0 Å². The summed E-state index contributed by atoms with van der Waals surface area (Å²) in [5, 5.41) is 11.9. The lowest BCUT2D eigenvalue weighted by Gasteiger charge is -2.31. The van der Waals surface area contributed by atoms with Gasteiger partial charge in [0.1, 0.15) is 0 Å². The number of nitrogens with zero attached hydrogens (tertiary/aromatic N) is 5. The summed E-state index contributed by atoms with van der Waals surface area (Å²) in [6.45, 7) is 5.55. The number of carbonyl (C=O) groups excluding carboxylic acids is 1. The van der Waals surface area contributed by atoms with Crippen molar-refractivity contribution >= 4 is 37.8 Å². The molecule has 148 valence electrons. The van der Waals surface area contributed by atoms with Crippen molar-refractivity contribution in [1.29, 1.82) is 0 Å². The average Bonchev–Trinajstić information content (AvgIpc) is 3.31. The number of carbonyl (C=O) groups is 1. The van der Waals surface area contributed by atoms with Crippen LogP contribution in [-0.2, 0) is 4.79 Å². The largest absolute Gasteiger partial charge is 0.343 e. The van der Waals surface area contributed by atoms with Crippen LogP contribution in [0.1, 0.15) is 44.7 Å². The highest BCUT2D eigenvalue weighted by molar-refractivity contribution is 9.10. The molecule has 0 spiro atoms. The topological polar surface area (TPSA) is 68.0 Å². The van der Waals surface area contributed by atoms with E-state index in [0.29, 0.717) is 12.1 Å². The Balaban J connectivity index is 0.000000159. The van der Waals surface area contributed by atoms with Crippen LogP contribution in [-0.4, -0.2) is 56.5 Å². The number of amides is 1. The summed E-state index contributed by atoms with van der Waals surface area (Å²) in [6, 6.07) is 1.03. The first-order chi connectivity index (χ1) is 13.0. The molecule has 2 aliphatic rings. The molecule has 2 aliphatic heterocycles. The van der Waals surface area contributed by atoms with Gasteiger partial charge in [0.25, 0.3) is 0 Å². The quantitative estimate of drug-likeness (QED) is 0.684. The summed E-state index contributed by atoms with van der Waals surface area (Å²) in [4.78, 5) is 13.0. The first-order valence-corrected chi connectivity index (χ1v) is 11.0. The molecule has 4 rings (SSSR count). The van der Waals surface area contributed by atoms with Crippen molar-refractivity contribution in [2.45, 2.75) is 44.7 Å². The van der Waals surface area contributed by atoms with Crippen molar-refractivity contribution in [2.24, 2.45) is 0 Å². The molecule has 1 N–H and O–H groups in total. The normalized spacial score (nSPS) is 18.9. The van der Waals surface area contributed by atoms with Crippen molar-refractivity contribution in [2.75, 3.05) is 26.2 Å². The fourth-order valence-corrected chi connectivity index (χ4v) is 4.15. The lowest BCUT2D eigenvalue weighted by molar-refractivity contribution is -0.130. The van der Waals surface area contributed by atoms with Gasteiger partial charge in [-0.05, 0) is 70.6 Å². The standard InChI is InChI=1S/C10H14BrN3O.C8H12BrN3/c1-8(15)13-4-2-10(3-5-13)14-7-9(11)6-12-14;9-7-5-11-12(6-7)8-1-3-10-4-2-8/h6-7,10H,2-5H2,1H3;5-6,8,10H,1-4H2. The molecule has 2 aromatic heterocycles. The first kappa shape index (κ1) is 20.5. The molecule has 27 heavy (non-hydrogen) atoms. The number of hydrogen-bond acceptors (Lipinski definition) is 4. The molecule has 0 saturated carbocycles. The van der Waals surface area contributed by atoms with E-state index in [1.54, 1.807) is 13.1 Å². The van der Waals surface area contributed by atoms with Gasteiger partial charge in [-0.15, -0.1) is 0 Å². The Morgan fingerprint density at radius 2 is 1.44 bits per heavy atom. The number of halogens is 2. The molecule has 0 aliphatic carbocycles. The minimum atomic E-state index is 0.176. The van der Waals surface area contributed by atoms with Gasteiger partial charge in [0.05, 0.1) is 33.4 Å². The summed E-state index contributed by atoms with van der Waals surface area (Å²) in [7, 11) is 0. The zero-order chi connectivity index (χ0) is 19.2. The predicted molar refractivity (Wildman–Crippen MR) is 112 cm³/mol. The zero-order valence-electron chi connectivity index (χ0n) is 15.5. The molecular formula is C18H26Br2N6O. The van der Waals surface area contributed by atoms with Crippen molar-refractivity contribution in [1.82, 2.24) is 29.8 Å². The summed E-state index contributed by atoms with van der Waals surface area (Å²) in [5.41, 5.74) is 0. The van der Waals surface area contributed by atoms with Crippen LogP contribution < -0.4 is 5.32 Å². The van der Waals surface area contributed by atoms with E-state index in [9.17, 15) is 4.79 Å². The second-order valence-corrected chi connectivity index (χ2v) is 8.83. The Kier molecular flexibility index (Phi) is 7.49. The van der Waals surface area contributed by atoms with Gasteiger partial charge in [-0.25, -0.2) is 0 Å². The van der Waals surface area contributed by atoms with E-state index in [1.165, 1.54) is 12.8 Å². The van der Waals surface area contributed by atoms with Crippen LogP contribution in [0.2, 0.25) is 0 Å². The minimum Gasteiger partial charge on any atom is -0.343 e. The van der Waals surface area contributed by atoms with Gasteiger partial charge in [0.2, 0.25) is 5.91 Å². The fraction of sp³-hybridized carbons (Fsp3) is 0.611. The van der Waals surface area contributed by atoms with E-state index < -0.39 is 0 Å². The molecule has 2 saturated heterocycles. The highest BCUT2D eigenvalue weighted by Gasteiger charge is 2.22. The van der Waals surface area contributed by atoms with Crippen LogP contribution in [0.5, 0.6) is 0 Å². The maximum Gasteiger partial charge on any atom is 0.219 e. The highest BCUT2D eigenvalue weighted by atomic mass is 79.9. The molecule has 0 atom stereocenters. The maximum atomic E-state index is 11.1. The van der Waals surface area contributed by atoms with E-state index in [1.807, 2.05) is 22.0 Å². The number of nitrogens with one attached hydrogen (secondary N) is 1. The van der Waals surface area contributed by atoms with Gasteiger partial charge < -0.3 is 10.2 Å². The molecule has 0 aromatic carbocycles. The van der Waals surface area contributed by atoms with Crippen LogP contribution in [0.3, 0.4) is 0 Å². The van der Waals surface area contributed by atoms with Crippen LogP contribution in [0.25, 0.3) is 0 Å². The second kappa shape index (κ2) is 9.84. The van der Waals surface area contributed by atoms with Gasteiger partial charge in [-0.2, -0.15) is 10.2 Å². The second-order valence-electron chi connectivity index (χ2n) is 7.00. The van der Waals surface area contributed by atoms with Gasteiger partial charge in [-0.1, -0.05) is 0 Å². The van der Waals surface area contributed by atoms with Crippen LogP contribution in [0, 0.1) is 0 Å². The van der Waals surface area contributed by atoms with Gasteiger partial charge >= 0.3 is 0 Å². The lowest BCUT2D eigenvalue weighted by Crippen LogP contribution is -2.37. The SMILES string of the molecule is Brc1cnn(C2CCNCC2)c1.CC(=O)N1CCC(n2cc(Br)cn2)CC1. The van der Waals surface area contributed by atoms with Crippen molar-refractivity contribution in [3.63, 3.8) is 0 Å². The molecule has 9 heteroatoms. The smallest absolute Gasteiger partial charge is 0.219 e. The van der Waals surface area contributed by atoms with E-state index in [2.05, 4.69) is 58.3 Å². The molecular weight excluding hydrogens is 476 g/mol. The average molecular weight is 502 g/mol. The Bertz CT molecular complexity index is 732. The molecule has 2 fully saturated rings. The summed E-state index contributed by atoms with van der Waals surface area (Å²) < 4.78 is 6.13. The Morgan fingerprint density at radius 3 is 1.85 bits per heavy atom. The molecule has 7 nitrogen and oxygen atoms in total. The Morgan fingerprint density at radius 1 is 0.963 bits per heavy atom. The monoisotopic (exact) mass is 500 g/mol. The van der Waals surface area contributed by atoms with Gasteiger partial charge in [0.15, 0.2) is 0 Å². The summed E-state index contributed by atoms with van der Waals surface area (Å²) >= 11 is 6.79. The van der Waals surface area contributed by atoms with Crippen molar-refractivity contribution < 1.29 is 4.79 Å². The Labute approximate surface area is 176 Å². The van der Waals surface area contributed by atoms with E-state index in [0.717, 1.165) is 48.0 Å². The number of aromatic nitrogens is 4. The van der Waals surface area contributed by atoms with Crippen LogP contribution in [0.4, 0.5) is 0 Å². The molecule has 1 amide bonds. The lowest BCUT2D eigenvalue weighted by atomic mass is 10.1. The van der Waals surface area contributed by atoms with Crippen molar-refractivity contribution in [3.05, 3.63) is 33.7 Å². The fourth-order valence-electron chi connectivity index (χ4n) is 3.55.